The SMILES string of the molecule is CSCC[C@H](N)c1nnc(C)n1C1CC1. The minimum atomic E-state index is 0.0410. The van der Waals surface area contributed by atoms with Gasteiger partial charge in [-0.2, -0.15) is 11.8 Å². The van der Waals surface area contributed by atoms with Crippen LogP contribution in [0.3, 0.4) is 0 Å². The molecule has 1 atom stereocenters. The summed E-state index contributed by atoms with van der Waals surface area (Å²) in [5.74, 6) is 3.06. The molecule has 1 fully saturated rings. The third kappa shape index (κ3) is 2.34. The van der Waals surface area contributed by atoms with E-state index in [9.17, 15) is 0 Å². The molecule has 1 aromatic heterocycles. The summed E-state index contributed by atoms with van der Waals surface area (Å²) in [5, 5.41) is 8.34. The first-order valence-electron chi connectivity index (χ1n) is 5.40. The van der Waals surface area contributed by atoms with Gasteiger partial charge in [-0.15, -0.1) is 10.2 Å². The molecule has 1 aromatic rings. The lowest BCUT2D eigenvalue weighted by atomic mass is 10.2. The Bertz CT molecular complexity index is 332. The van der Waals surface area contributed by atoms with Crippen LogP contribution in [0.1, 0.15) is 43.0 Å². The van der Waals surface area contributed by atoms with E-state index in [4.69, 9.17) is 5.73 Å². The fraction of sp³-hybridized carbons (Fsp3) is 0.800. The molecule has 4 nitrogen and oxygen atoms in total. The maximum absolute atomic E-state index is 6.12. The Balaban J connectivity index is 2.12. The average molecular weight is 226 g/mol. The Hall–Kier alpha value is -0.550. The van der Waals surface area contributed by atoms with E-state index in [1.165, 1.54) is 12.8 Å². The zero-order valence-corrected chi connectivity index (χ0v) is 10.1. The van der Waals surface area contributed by atoms with Crippen LogP contribution in [0.15, 0.2) is 0 Å². The van der Waals surface area contributed by atoms with E-state index in [-0.39, 0.29) is 6.04 Å². The monoisotopic (exact) mass is 226 g/mol. The topological polar surface area (TPSA) is 56.7 Å². The normalized spacial score (nSPS) is 18.1. The van der Waals surface area contributed by atoms with Gasteiger partial charge < -0.3 is 10.3 Å². The van der Waals surface area contributed by atoms with Gasteiger partial charge in [0.25, 0.3) is 0 Å². The third-order valence-electron chi connectivity index (χ3n) is 2.77. The lowest BCUT2D eigenvalue weighted by molar-refractivity contribution is 0.577. The first kappa shape index (κ1) is 11.0. The van der Waals surface area contributed by atoms with Gasteiger partial charge in [-0.25, -0.2) is 0 Å². The molecule has 0 unspecified atom stereocenters. The maximum Gasteiger partial charge on any atom is 0.150 e. The molecule has 0 spiro atoms. The third-order valence-corrected chi connectivity index (χ3v) is 3.41. The number of hydrogen-bond donors (Lipinski definition) is 1. The molecule has 1 aliphatic rings. The van der Waals surface area contributed by atoms with Gasteiger partial charge in [-0.3, -0.25) is 0 Å². The van der Waals surface area contributed by atoms with Crippen molar-refractivity contribution < 1.29 is 0 Å². The second-order valence-electron chi connectivity index (χ2n) is 4.09. The summed E-state index contributed by atoms with van der Waals surface area (Å²) in [4.78, 5) is 0. The lowest BCUT2D eigenvalue weighted by Crippen LogP contribution is -2.17. The second-order valence-corrected chi connectivity index (χ2v) is 5.08. The van der Waals surface area contributed by atoms with Gasteiger partial charge in [0, 0.05) is 6.04 Å². The van der Waals surface area contributed by atoms with Crippen molar-refractivity contribution in [3.8, 4) is 0 Å². The standard InChI is InChI=1S/C10H18N4S/c1-7-12-13-10(9(11)5-6-15-2)14(7)8-3-4-8/h8-9H,3-6,11H2,1-2H3/t9-/m0/s1. The molecule has 5 heteroatoms. The summed E-state index contributed by atoms with van der Waals surface area (Å²) >= 11 is 1.82. The predicted molar refractivity (Wildman–Crippen MR) is 63.0 cm³/mol. The molecule has 1 aliphatic carbocycles. The second kappa shape index (κ2) is 4.53. The molecule has 0 radical (unpaired) electrons. The van der Waals surface area contributed by atoms with Crippen molar-refractivity contribution >= 4 is 11.8 Å². The summed E-state index contributed by atoms with van der Waals surface area (Å²) in [6.07, 6.45) is 5.58. The van der Waals surface area contributed by atoms with Gasteiger partial charge in [-0.05, 0) is 38.2 Å². The quantitative estimate of drug-likeness (QED) is 0.830. The highest BCUT2D eigenvalue weighted by atomic mass is 32.2. The molecule has 0 saturated heterocycles. The first-order valence-corrected chi connectivity index (χ1v) is 6.79. The van der Waals surface area contributed by atoms with Gasteiger partial charge in [0.05, 0.1) is 6.04 Å². The van der Waals surface area contributed by atoms with Crippen LogP contribution in [0.5, 0.6) is 0 Å². The number of aromatic nitrogens is 3. The molecular formula is C10H18N4S. The largest absolute Gasteiger partial charge is 0.321 e. The highest BCUT2D eigenvalue weighted by Crippen LogP contribution is 2.37. The first-order chi connectivity index (χ1) is 7.24. The molecule has 15 heavy (non-hydrogen) atoms. The number of aryl methyl sites for hydroxylation is 1. The van der Waals surface area contributed by atoms with E-state index < -0.39 is 0 Å². The van der Waals surface area contributed by atoms with Crippen molar-refractivity contribution in [3.63, 3.8) is 0 Å². The van der Waals surface area contributed by atoms with Crippen LogP contribution in [-0.4, -0.2) is 26.8 Å². The Morgan fingerprint density at radius 2 is 2.27 bits per heavy atom. The van der Waals surface area contributed by atoms with E-state index in [1.807, 2.05) is 18.7 Å². The molecule has 0 amide bonds. The lowest BCUT2D eigenvalue weighted by Gasteiger charge is -2.12. The van der Waals surface area contributed by atoms with Gasteiger partial charge >= 0.3 is 0 Å². The molecule has 0 bridgehead atoms. The van der Waals surface area contributed by atoms with Crippen LogP contribution in [0.25, 0.3) is 0 Å². The number of nitrogens with two attached hydrogens (primary N) is 1. The number of nitrogens with zero attached hydrogens (tertiary/aromatic N) is 3. The average Bonchev–Trinajstić information content (AvgIpc) is 2.99. The molecule has 2 rings (SSSR count). The Kier molecular flexibility index (Phi) is 3.31. The predicted octanol–water partition coefficient (Wildman–Crippen LogP) is 1.67. The van der Waals surface area contributed by atoms with Crippen molar-refractivity contribution in [2.45, 2.75) is 38.3 Å². The minimum absolute atomic E-state index is 0.0410. The summed E-state index contributed by atoms with van der Waals surface area (Å²) in [5.41, 5.74) is 6.12. The van der Waals surface area contributed by atoms with Crippen molar-refractivity contribution in [2.75, 3.05) is 12.0 Å². The van der Waals surface area contributed by atoms with Gasteiger partial charge in [-0.1, -0.05) is 0 Å². The Morgan fingerprint density at radius 1 is 1.53 bits per heavy atom. The highest BCUT2D eigenvalue weighted by Gasteiger charge is 2.29. The molecule has 0 aliphatic heterocycles. The van der Waals surface area contributed by atoms with Gasteiger partial charge in [0.2, 0.25) is 0 Å². The Labute approximate surface area is 94.6 Å². The molecule has 2 N–H and O–H groups in total. The molecule has 1 heterocycles. The van der Waals surface area contributed by atoms with Crippen LogP contribution in [0.2, 0.25) is 0 Å². The van der Waals surface area contributed by atoms with Crippen LogP contribution >= 0.6 is 11.8 Å². The van der Waals surface area contributed by atoms with E-state index in [0.29, 0.717) is 6.04 Å². The van der Waals surface area contributed by atoms with E-state index in [2.05, 4.69) is 21.0 Å². The van der Waals surface area contributed by atoms with E-state index >= 15 is 0 Å². The molecule has 0 aromatic carbocycles. The van der Waals surface area contributed by atoms with Crippen LogP contribution in [-0.2, 0) is 0 Å². The summed E-state index contributed by atoms with van der Waals surface area (Å²) in [7, 11) is 0. The van der Waals surface area contributed by atoms with Crippen molar-refractivity contribution in [1.29, 1.82) is 0 Å². The minimum Gasteiger partial charge on any atom is -0.321 e. The maximum atomic E-state index is 6.12. The van der Waals surface area contributed by atoms with Crippen LogP contribution < -0.4 is 5.73 Å². The summed E-state index contributed by atoms with van der Waals surface area (Å²) in [6.45, 7) is 2.01. The van der Waals surface area contributed by atoms with E-state index in [1.54, 1.807) is 0 Å². The zero-order chi connectivity index (χ0) is 10.8. The van der Waals surface area contributed by atoms with E-state index in [0.717, 1.165) is 23.8 Å². The fourth-order valence-electron chi connectivity index (χ4n) is 1.80. The molecular weight excluding hydrogens is 208 g/mol. The van der Waals surface area contributed by atoms with Crippen molar-refractivity contribution in [2.24, 2.45) is 5.73 Å². The summed E-state index contributed by atoms with van der Waals surface area (Å²) < 4.78 is 2.23. The summed E-state index contributed by atoms with van der Waals surface area (Å²) in [6, 6.07) is 0.662. The van der Waals surface area contributed by atoms with Gasteiger partial charge in [0.1, 0.15) is 11.6 Å². The highest BCUT2D eigenvalue weighted by molar-refractivity contribution is 7.98. The molecule has 1 saturated carbocycles. The smallest absolute Gasteiger partial charge is 0.150 e. The fourth-order valence-corrected chi connectivity index (χ4v) is 2.29. The zero-order valence-electron chi connectivity index (χ0n) is 9.31. The number of rotatable bonds is 5. The van der Waals surface area contributed by atoms with Crippen LogP contribution in [0, 0.1) is 6.92 Å². The van der Waals surface area contributed by atoms with Crippen LogP contribution in [0.4, 0.5) is 0 Å². The Morgan fingerprint density at radius 3 is 2.87 bits per heavy atom. The van der Waals surface area contributed by atoms with Gasteiger partial charge in [0.15, 0.2) is 0 Å². The van der Waals surface area contributed by atoms with Crippen molar-refractivity contribution in [3.05, 3.63) is 11.6 Å². The molecule has 84 valence electrons. The number of hydrogen-bond acceptors (Lipinski definition) is 4. The number of thioether (sulfide) groups is 1. The van der Waals surface area contributed by atoms with Crippen molar-refractivity contribution in [1.82, 2.24) is 14.8 Å².